The molecule has 10 amide bonds. The van der Waals surface area contributed by atoms with Crippen molar-refractivity contribution in [3.05, 3.63) is 102 Å². The van der Waals surface area contributed by atoms with Gasteiger partial charge in [-0.15, -0.1) is 0 Å². The van der Waals surface area contributed by atoms with E-state index in [9.17, 15) is 58.2 Å². The van der Waals surface area contributed by atoms with Crippen molar-refractivity contribution in [2.75, 3.05) is 31.1 Å². The Hall–Kier alpha value is -8.17. The van der Waals surface area contributed by atoms with E-state index in [0.29, 0.717) is 29.5 Å². The summed E-state index contributed by atoms with van der Waals surface area (Å²) in [4.78, 5) is 166. The highest BCUT2D eigenvalue weighted by Gasteiger charge is 2.46. The first-order valence-corrected chi connectivity index (χ1v) is 31.3. The van der Waals surface area contributed by atoms with E-state index in [1.807, 2.05) is 18.2 Å². The number of fused-ring (bicyclic) bond motifs is 8. The molecule has 4 aromatic rings. The van der Waals surface area contributed by atoms with Crippen molar-refractivity contribution in [3.8, 4) is 5.75 Å². The van der Waals surface area contributed by atoms with E-state index < -0.39 is 138 Å². The van der Waals surface area contributed by atoms with Gasteiger partial charge in [0, 0.05) is 61.0 Å². The molecule has 0 unspecified atom stereocenters. The number of carboxylic acids is 1. The van der Waals surface area contributed by atoms with Crippen LogP contribution in [0, 0.1) is 5.92 Å². The molecule has 4 fully saturated rings. The van der Waals surface area contributed by atoms with E-state index >= 15 is 4.79 Å². The van der Waals surface area contributed by atoms with Gasteiger partial charge >= 0.3 is 5.97 Å². The van der Waals surface area contributed by atoms with Gasteiger partial charge in [0.2, 0.25) is 59.1 Å². The molecule has 86 heavy (non-hydrogen) atoms. The zero-order valence-corrected chi connectivity index (χ0v) is 49.3. The van der Waals surface area contributed by atoms with E-state index in [2.05, 4.69) is 47.5 Å². The summed E-state index contributed by atoms with van der Waals surface area (Å²) < 4.78 is 0. The molecule has 25 nitrogen and oxygen atoms in total. The average molecular weight is 1220 g/mol. The van der Waals surface area contributed by atoms with Crippen LogP contribution in [0.4, 0.5) is 0 Å². The molecule has 5 heterocycles. The Morgan fingerprint density at radius 2 is 1.07 bits per heavy atom. The van der Waals surface area contributed by atoms with Crippen molar-refractivity contribution < 1.29 is 63.0 Å². The van der Waals surface area contributed by atoms with E-state index in [1.54, 1.807) is 56.4 Å². The SMILES string of the molecule is CC(C)[C@@H]1NC(=O)[C@@H]2CSSC[C@H](NC(=O)[C@H](CC(=O)O)NC(=O)[C@@H]3CCCN3C(=O)[C@H]3CCCN3C1=O)C(=O)N[C@@H](Cc1ccccc1)C(=O)N[C@H](Cc1c[nH]c3ccccc13)C(=O)N[C@@H](CCCN)C(=O)N[C@@H](Cc1ccc(O)cc1)C(=O)N2. The molecule has 0 saturated carbocycles. The normalized spacial score (nSPS) is 26.4. The number of phenols is 1. The lowest BCUT2D eigenvalue weighted by Gasteiger charge is -2.34. The standard InChI is InChI=1S/C59H74N12O13S2/c1-32(2)49-59(84)71-24-10-17-47(71)58(83)70-23-9-16-46(70)57(82)66-43(28-48(73)74)54(79)67-44-30-85-86-31-45(56(81)69-49)68-52(77)41(26-34-18-20-36(72)21-19-34)63-50(75)39(15-8-22-60)62-53(78)42(27-35-29-61-38-14-7-6-13-37(35)38)65-51(76)40(64-55(44)80)25-33-11-4-3-5-12-33/h3-7,11-14,18-21,29,32,39-47,49,61,72H,8-10,15-17,22-28,30-31,60H2,1-2H3,(H,62,78)(H,63,75)(H,64,80)(H,65,76)(H,66,82)(H,67,79)(H,68,77)(H,69,81)(H,73,74)/t39-,40-,41-,42+,43-,44-,45-,46-,47+,49-/m0/s1. The van der Waals surface area contributed by atoms with Crippen LogP contribution in [0.25, 0.3) is 10.9 Å². The predicted octanol–water partition coefficient (Wildman–Crippen LogP) is 0.0400. The maximum Gasteiger partial charge on any atom is 0.305 e. The lowest BCUT2D eigenvalue weighted by atomic mass is 10.0. The number of aromatic amines is 1. The summed E-state index contributed by atoms with van der Waals surface area (Å²) in [6.45, 7) is 3.71. The molecule has 13 N–H and O–H groups in total. The number of nitrogens with zero attached hydrogens (tertiary/aromatic N) is 2. The number of benzene rings is 3. The third-order valence-electron chi connectivity index (χ3n) is 15.7. The van der Waals surface area contributed by atoms with Crippen LogP contribution in [-0.4, -0.2) is 182 Å². The molecule has 0 radical (unpaired) electrons. The molecule has 1 aromatic heterocycles. The van der Waals surface area contributed by atoms with E-state index in [4.69, 9.17) is 5.73 Å². The summed E-state index contributed by atoms with van der Waals surface area (Å²) in [5, 5.41) is 42.9. The number of carbonyl (C=O) groups excluding carboxylic acids is 10. The van der Waals surface area contributed by atoms with Crippen LogP contribution in [0.1, 0.15) is 75.5 Å². The van der Waals surface area contributed by atoms with Crippen LogP contribution in [0.15, 0.2) is 85.1 Å². The number of hydrogen-bond acceptors (Lipinski definition) is 15. The molecule has 27 heteroatoms. The van der Waals surface area contributed by atoms with Crippen LogP contribution in [0.2, 0.25) is 0 Å². The number of rotatable bonds is 12. The Labute approximate surface area is 504 Å². The van der Waals surface area contributed by atoms with Crippen molar-refractivity contribution in [3.63, 3.8) is 0 Å². The van der Waals surface area contributed by atoms with Gasteiger partial charge in [-0.05, 0) is 85.9 Å². The number of H-pyrrole nitrogens is 1. The number of carbonyl (C=O) groups is 11. The van der Waals surface area contributed by atoms with E-state index in [-0.39, 0.29) is 81.8 Å². The molecule has 4 saturated heterocycles. The topological polar surface area (TPSA) is 373 Å². The Morgan fingerprint density at radius 3 is 1.69 bits per heavy atom. The molecular weight excluding hydrogens is 1150 g/mol. The second kappa shape index (κ2) is 29.8. The Morgan fingerprint density at radius 1 is 0.570 bits per heavy atom. The number of hydrogen-bond donors (Lipinski definition) is 12. The van der Waals surface area contributed by atoms with Gasteiger partial charge in [-0.2, -0.15) is 0 Å². The Balaban J connectivity index is 1.24. The lowest BCUT2D eigenvalue weighted by molar-refractivity contribution is -0.149. The molecule has 460 valence electrons. The van der Waals surface area contributed by atoms with Gasteiger partial charge in [-0.25, -0.2) is 0 Å². The number of aliphatic carboxylic acids is 1. The largest absolute Gasteiger partial charge is 0.508 e. The Bertz CT molecular complexity index is 3150. The fourth-order valence-electron chi connectivity index (χ4n) is 11.1. The minimum atomic E-state index is -1.80. The first kappa shape index (κ1) is 63.8. The lowest BCUT2D eigenvalue weighted by Crippen LogP contribution is -2.62. The molecule has 0 aliphatic carbocycles. The predicted molar refractivity (Wildman–Crippen MR) is 319 cm³/mol. The minimum absolute atomic E-state index is 0.0439. The summed E-state index contributed by atoms with van der Waals surface area (Å²) in [7, 11) is 1.91. The summed E-state index contributed by atoms with van der Waals surface area (Å²) in [5.41, 5.74) is 8.33. The summed E-state index contributed by atoms with van der Waals surface area (Å²) in [6, 6.07) is 7.53. The van der Waals surface area contributed by atoms with Crippen molar-refractivity contribution in [2.24, 2.45) is 11.7 Å². The van der Waals surface area contributed by atoms with Crippen molar-refractivity contribution in [2.45, 2.75) is 138 Å². The molecule has 3 aromatic carbocycles. The number of nitrogens with one attached hydrogen (secondary N) is 9. The zero-order valence-electron chi connectivity index (χ0n) is 47.7. The van der Waals surface area contributed by atoms with Crippen LogP contribution in [-0.2, 0) is 72.0 Å². The molecule has 0 spiro atoms. The van der Waals surface area contributed by atoms with Gasteiger partial charge in [0.05, 0.1) is 6.42 Å². The van der Waals surface area contributed by atoms with Crippen LogP contribution in [0.5, 0.6) is 5.75 Å². The highest BCUT2D eigenvalue weighted by molar-refractivity contribution is 8.76. The van der Waals surface area contributed by atoms with Crippen molar-refractivity contribution in [1.29, 1.82) is 0 Å². The number of nitrogens with two attached hydrogens (primary N) is 1. The fourth-order valence-corrected chi connectivity index (χ4v) is 13.4. The smallest absolute Gasteiger partial charge is 0.305 e. The molecule has 8 rings (SSSR count). The highest BCUT2D eigenvalue weighted by atomic mass is 33.1. The monoisotopic (exact) mass is 1220 g/mol. The number of carboxylic acid groups (broad SMARTS) is 1. The maximum atomic E-state index is 15.0. The van der Waals surface area contributed by atoms with Gasteiger partial charge in [0.25, 0.3) is 0 Å². The molecule has 2 bridgehead atoms. The van der Waals surface area contributed by atoms with Gasteiger partial charge < -0.3 is 73.3 Å². The first-order valence-electron chi connectivity index (χ1n) is 28.9. The van der Waals surface area contributed by atoms with Crippen LogP contribution < -0.4 is 48.3 Å². The number of phenolic OH excluding ortho intramolecular Hbond substituents is 1. The second-order valence-electron chi connectivity index (χ2n) is 22.3. The van der Waals surface area contributed by atoms with Crippen molar-refractivity contribution >= 4 is 97.5 Å². The summed E-state index contributed by atoms with van der Waals surface area (Å²) in [6.07, 6.45) is 1.50. The van der Waals surface area contributed by atoms with E-state index in [1.165, 1.54) is 34.1 Å². The molecule has 4 aliphatic heterocycles. The molecule has 4 aliphatic rings. The van der Waals surface area contributed by atoms with Gasteiger partial charge in [0.15, 0.2) is 0 Å². The number of aromatic nitrogens is 1. The van der Waals surface area contributed by atoms with Gasteiger partial charge in [0.1, 0.15) is 66.2 Å². The summed E-state index contributed by atoms with van der Waals surface area (Å²) >= 11 is 0. The number of para-hydroxylation sites is 1. The Kier molecular flexibility index (Phi) is 22.1. The average Bonchev–Trinajstić information content (AvgIpc) is 2.34. The maximum absolute atomic E-state index is 15.0. The fraction of sp³-hybridized carbons (Fsp3) is 0.475. The van der Waals surface area contributed by atoms with Crippen LogP contribution >= 0.6 is 21.6 Å². The number of amides is 10. The zero-order chi connectivity index (χ0) is 61.6. The first-order chi connectivity index (χ1) is 41.3. The van der Waals surface area contributed by atoms with Gasteiger partial charge in [-0.1, -0.05) is 96.1 Å². The molecular formula is C59H74N12O13S2. The number of aromatic hydroxyl groups is 1. The van der Waals surface area contributed by atoms with Crippen LogP contribution in [0.3, 0.4) is 0 Å². The summed E-state index contributed by atoms with van der Waals surface area (Å²) in [5.74, 6) is -11.1. The quantitative estimate of drug-likeness (QED) is 0.0834. The van der Waals surface area contributed by atoms with Gasteiger partial charge in [-0.3, -0.25) is 52.7 Å². The van der Waals surface area contributed by atoms with E-state index in [0.717, 1.165) is 32.5 Å². The molecule has 10 atom stereocenters. The third kappa shape index (κ3) is 16.4. The third-order valence-corrected chi connectivity index (χ3v) is 18.1. The van der Waals surface area contributed by atoms with Crippen molar-refractivity contribution in [1.82, 2.24) is 57.3 Å². The highest BCUT2D eigenvalue weighted by Crippen LogP contribution is 2.29. The second-order valence-corrected chi connectivity index (χ2v) is 24.8. The minimum Gasteiger partial charge on any atom is -0.508 e.